The van der Waals surface area contributed by atoms with Crippen LogP contribution in [0.5, 0.6) is 0 Å². The van der Waals surface area contributed by atoms with Crippen molar-refractivity contribution in [3.8, 4) is 0 Å². The number of rotatable bonds is 8. The summed E-state index contributed by atoms with van der Waals surface area (Å²) in [5, 5.41) is 19.0. The third kappa shape index (κ3) is 6.10. The van der Waals surface area contributed by atoms with Crippen LogP contribution in [0, 0.1) is 0 Å². The fourth-order valence-corrected chi connectivity index (χ4v) is 5.13. The minimum Gasteiger partial charge on any atom is -0.481 e. The van der Waals surface area contributed by atoms with E-state index in [0.717, 1.165) is 65.3 Å². The van der Waals surface area contributed by atoms with Gasteiger partial charge in [0.25, 0.3) is 5.91 Å². The van der Waals surface area contributed by atoms with Crippen LogP contribution in [0.2, 0.25) is 0 Å². The lowest BCUT2D eigenvalue weighted by molar-refractivity contribution is -0.137. The first kappa shape index (κ1) is 25.2. The van der Waals surface area contributed by atoms with Crippen LogP contribution in [0.15, 0.2) is 71.2 Å². The number of benzene rings is 3. The number of aliphatic carboxylic acids is 1. The average Bonchev–Trinajstić information content (AvgIpc) is 3.22. The molecule has 2 heterocycles. The SMILES string of the molecule is O=C(O)CCc1cccc(/C(Nc2ccc(CN3CCNCC3)cc2)=C2/C(=O)Nc3cc(Br)ccc32)c1. The number of nitrogens with zero attached hydrogens (tertiary/aromatic N) is 1. The van der Waals surface area contributed by atoms with E-state index in [1.807, 2.05) is 54.6 Å². The highest BCUT2D eigenvalue weighted by molar-refractivity contribution is 9.10. The molecule has 0 aromatic heterocycles. The predicted molar refractivity (Wildman–Crippen MR) is 150 cm³/mol. The molecule has 2 aliphatic heterocycles. The number of carbonyl (C=O) groups excluding carboxylic acids is 1. The van der Waals surface area contributed by atoms with E-state index in [1.165, 1.54) is 5.56 Å². The summed E-state index contributed by atoms with van der Waals surface area (Å²) in [6, 6.07) is 21.8. The van der Waals surface area contributed by atoms with Gasteiger partial charge in [0.1, 0.15) is 0 Å². The Bertz CT molecular complexity index is 1350. The second-order valence-electron chi connectivity index (χ2n) is 9.34. The molecule has 5 rings (SSSR count). The van der Waals surface area contributed by atoms with E-state index in [1.54, 1.807) is 0 Å². The van der Waals surface area contributed by atoms with Crippen molar-refractivity contribution >= 4 is 50.5 Å². The van der Waals surface area contributed by atoms with E-state index in [4.69, 9.17) is 5.11 Å². The topological polar surface area (TPSA) is 93.7 Å². The average molecular weight is 561 g/mol. The minimum atomic E-state index is -0.835. The number of anilines is 2. The van der Waals surface area contributed by atoms with Gasteiger partial charge >= 0.3 is 5.97 Å². The number of carboxylic acid groups (broad SMARTS) is 1. The molecule has 3 aromatic rings. The molecule has 0 aliphatic carbocycles. The standard InChI is InChI=1S/C29H29BrN4O3/c30-22-7-10-24-25(17-22)33-29(37)27(24)28(21-3-1-2-19(16-21)6-11-26(35)36)32-23-8-4-20(5-9-23)18-34-14-12-31-13-15-34/h1-5,7-10,16-17,31-32H,6,11-15,18H2,(H,33,37)(H,35,36)/b28-27-. The molecule has 3 aromatic carbocycles. The number of aryl methyl sites for hydroxylation is 1. The molecule has 0 atom stereocenters. The van der Waals surface area contributed by atoms with Gasteiger partial charge in [0.2, 0.25) is 0 Å². The number of nitrogens with one attached hydrogen (secondary N) is 3. The summed E-state index contributed by atoms with van der Waals surface area (Å²) in [6.45, 7) is 5.02. The van der Waals surface area contributed by atoms with Crippen LogP contribution in [0.25, 0.3) is 11.3 Å². The Balaban J connectivity index is 1.49. The summed E-state index contributed by atoms with van der Waals surface area (Å²) in [5.41, 5.74) is 6.67. The lowest BCUT2D eigenvalue weighted by Gasteiger charge is -2.27. The van der Waals surface area contributed by atoms with Gasteiger partial charge in [0.05, 0.1) is 17.0 Å². The monoisotopic (exact) mass is 560 g/mol. The lowest BCUT2D eigenvalue weighted by atomic mass is 9.97. The molecule has 0 spiro atoms. The Kier molecular flexibility index (Phi) is 7.69. The molecule has 8 heteroatoms. The number of halogens is 1. The fourth-order valence-electron chi connectivity index (χ4n) is 4.77. The van der Waals surface area contributed by atoms with Crippen molar-refractivity contribution in [2.24, 2.45) is 0 Å². The molecular weight excluding hydrogens is 532 g/mol. The molecule has 0 radical (unpaired) electrons. The number of piperazine rings is 1. The Hall–Kier alpha value is -3.46. The number of fused-ring (bicyclic) bond motifs is 1. The van der Waals surface area contributed by atoms with E-state index >= 15 is 0 Å². The molecule has 1 amide bonds. The van der Waals surface area contributed by atoms with Gasteiger partial charge in [-0.1, -0.05) is 52.3 Å². The Morgan fingerprint density at radius 3 is 2.54 bits per heavy atom. The Morgan fingerprint density at radius 2 is 1.78 bits per heavy atom. The molecule has 1 fully saturated rings. The molecule has 7 nitrogen and oxygen atoms in total. The molecule has 4 N–H and O–H groups in total. The third-order valence-electron chi connectivity index (χ3n) is 6.66. The molecule has 0 bridgehead atoms. The van der Waals surface area contributed by atoms with Crippen LogP contribution in [0.3, 0.4) is 0 Å². The first-order valence-corrected chi connectivity index (χ1v) is 13.2. The number of hydrogen-bond donors (Lipinski definition) is 4. The highest BCUT2D eigenvalue weighted by Crippen LogP contribution is 2.39. The highest BCUT2D eigenvalue weighted by Gasteiger charge is 2.28. The van der Waals surface area contributed by atoms with Gasteiger partial charge < -0.3 is 21.1 Å². The zero-order valence-electron chi connectivity index (χ0n) is 20.4. The van der Waals surface area contributed by atoms with Crippen molar-refractivity contribution in [3.63, 3.8) is 0 Å². The van der Waals surface area contributed by atoms with E-state index in [9.17, 15) is 9.59 Å². The van der Waals surface area contributed by atoms with Crippen molar-refractivity contribution in [2.75, 3.05) is 36.8 Å². The second kappa shape index (κ2) is 11.3. The molecular formula is C29H29BrN4O3. The predicted octanol–water partition coefficient (Wildman–Crippen LogP) is 4.80. The van der Waals surface area contributed by atoms with E-state index in [2.05, 4.69) is 48.9 Å². The van der Waals surface area contributed by atoms with Gasteiger partial charge in [-0.3, -0.25) is 14.5 Å². The van der Waals surface area contributed by atoms with E-state index in [-0.39, 0.29) is 12.3 Å². The first-order valence-electron chi connectivity index (χ1n) is 12.4. The van der Waals surface area contributed by atoms with Crippen LogP contribution < -0.4 is 16.0 Å². The van der Waals surface area contributed by atoms with Gasteiger partial charge in [0, 0.05) is 54.9 Å². The molecule has 0 unspecified atom stereocenters. The Morgan fingerprint density at radius 1 is 1.00 bits per heavy atom. The van der Waals surface area contributed by atoms with Crippen molar-refractivity contribution in [2.45, 2.75) is 19.4 Å². The first-order chi connectivity index (χ1) is 18.0. The van der Waals surface area contributed by atoms with Gasteiger partial charge in [-0.2, -0.15) is 0 Å². The van der Waals surface area contributed by atoms with Crippen molar-refractivity contribution in [1.29, 1.82) is 0 Å². The fraction of sp³-hybridized carbons (Fsp3) is 0.241. The summed E-state index contributed by atoms with van der Waals surface area (Å²) in [7, 11) is 0. The summed E-state index contributed by atoms with van der Waals surface area (Å²) in [5.74, 6) is -1.01. The normalized spacial score (nSPS) is 16.7. The van der Waals surface area contributed by atoms with Crippen LogP contribution in [-0.4, -0.2) is 48.1 Å². The lowest BCUT2D eigenvalue weighted by Crippen LogP contribution is -2.42. The van der Waals surface area contributed by atoms with Crippen LogP contribution in [0.4, 0.5) is 11.4 Å². The van der Waals surface area contributed by atoms with Gasteiger partial charge in [-0.05, 0) is 53.4 Å². The van der Waals surface area contributed by atoms with Gasteiger partial charge in [-0.25, -0.2) is 0 Å². The van der Waals surface area contributed by atoms with E-state index < -0.39 is 5.97 Å². The molecule has 1 saturated heterocycles. The smallest absolute Gasteiger partial charge is 0.303 e. The minimum absolute atomic E-state index is 0.0503. The molecule has 2 aliphatic rings. The van der Waals surface area contributed by atoms with Gasteiger partial charge in [-0.15, -0.1) is 0 Å². The second-order valence-corrected chi connectivity index (χ2v) is 10.3. The quantitative estimate of drug-likeness (QED) is 0.295. The zero-order valence-corrected chi connectivity index (χ0v) is 22.0. The van der Waals surface area contributed by atoms with Crippen molar-refractivity contribution < 1.29 is 14.7 Å². The molecule has 0 saturated carbocycles. The van der Waals surface area contributed by atoms with Crippen LogP contribution >= 0.6 is 15.9 Å². The number of carbonyl (C=O) groups is 2. The summed E-state index contributed by atoms with van der Waals surface area (Å²) < 4.78 is 0.887. The number of amides is 1. The molecule has 37 heavy (non-hydrogen) atoms. The summed E-state index contributed by atoms with van der Waals surface area (Å²) >= 11 is 3.48. The summed E-state index contributed by atoms with van der Waals surface area (Å²) in [6.07, 6.45) is 0.469. The zero-order chi connectivity index (χ0) is 25.8. The number of hydrogen-bond acceptors (Lipinski definition) is 5. The molecule has 190 valence electrons. The maximum absolute atomic E-state index is 13.2. The van der Waals surface area contributed by atoms with Crippen LogP contribution in [0.1, 0.15) is 28.7 Å². The van der Waals surface area contributed by atoms with Gasteiger partial charge in [0.15, 0.2) is 0 Å². The van der Waals surface area contributed by atoms with Crippen molar-refractivity contribution in [1.82, 2.24) is 10.2 Å². The number of carboxylic acids is 1. The van der Waals surface area contributed by atoms with Crippen molar-refractivity contribution in [3.05, 3.63) is 93.5 Å². The van der Waals surface area contributed by atoms with Crippen LogP contribution in [-0.2, 0) is 22.6 Å². The maximum Gasteiger partial charge on any atom is 0.303 e. The maximum atomic E-state index is 13.2. The highest BCUT2D eigenvalue weighted by atomic mass is 79.9. The van der Waals surface area contributed by atoms with E-state index in [0.29, 0.717) is 17.7 Å². The summed E-state index contributed by atoms with van der Waals surface area (Å²) in [4.78, 5) is 26.8. The third-order valence-corrected chi connectivity index (χ3v) is 7.15. The Labute approximate surface area is 224 Å². The largest absolute Gasteiger partial charge is 0.481 e.